The molecule has 88 valence electrons. The van der Waals surface area contributed by atoms with Crippen molar-refractivity contribution in [1.29, 1.82) is 0 Å². The zero-order valence-electron chi connectivity index (χ0n) is 9.99. The van der Waals surface area contributed by atoms with Crippen LogP contribution in [0.1, 0.15) is 38.3 Å². The van der Waals surface area contributed by atoms with Crippen LogP contribution < -0.4 is 0 Å². The maximum absolute atomic E-state index is 4.58. The molecule has 0 spiro atoms. The quantitative estimate of drug-likeness (QED) is 0.773. The highest BCUT2D eigenvalue weighted by molar-refractivity contribution is 9.10. The van der Waals surface area contributed by atoms with Gasteiger partial charge in [0.2, 0.25) is 0 Å². The first-order valence-electron chi connectivity index (χ1n) is 6.03. The number of rotatable bonds is 2. The highest BCUT2D eigenvalue weighted by atomic mass is 79.9. The molecule has 0 aliphatic carbocycles. The molecular weight excluding hydrogens is 264 g/mol. The molecule has 16 heavy (non-hydrogen) atoms. The third-order valence-corrected chi connectivity index (χ3v) is 3.78. The first-order chi connectivity index (χ1) is 7.66. The average molecular weight is 283 g/mol. The summed E-state index contributed by atoms with van der Waals surface area (Å²) in [4.78, 5) is 7.13. The molecule has 3 heteroatoms. The van der Waals surface area contributed by atoms with E-state index in [4.69, 9.17) is 0 Å². The maximum atomic E-state index is 4.58. The number of hydrogen-bond donors (Lipinski definition) is 0. The van der Waals surface area contributed by atoms with Crippen molar-refractivity contribution < 1.29 is 0 Å². The van der Waals surface area contributed by atoms with Crippen LogP contribution in [-0.4, -0.2) is 29.0 Å². The third kappa shape index (κ3) is 2.83. The van der Waals surface area contributed by atoms with Crippen LogP contribution in [0.2, 0.25) is 0 Å². The van der Waals surface area contributed by atoms with Gasteiger partial charge in [0.25, 0.3) is 0 Å². The van der Waals surface area contributed by atoms with Gasteiger partial charge in [0.1, 0.15) is 4.60 Å². The Bertz CT molecular complexity index is 352. The normalized spacial score (nSPS) is 22.6. The van der Waals surface area contributed by atoms with Gasteiger partial charge in [0.05, 0.1) is 0 Å². The lowest BCUT2D eigenvalue weighted by atomic mass is 9.93. The summed E-state index contributed by atoms with van der Waals surface area (Å²) in [7, 11) is 0. The van der Waals surface area contributed by atoms with Crippen molar-refractivity contribution in [3.63, 3.8) is 0 Å². The minimum Gasteiger partial charge on any atom is -0.300 e. The van der Waals surface area contributed by atoms with Crippen molar-refractivity contribution in [2.24, 2.45) is 0 Å². The molecular formula is C13H19BrN2. The van der Waals surface area contributed by atoms with Crippen molar-refractivity contribution in [1.82, 2.24) is 9.88 Å². The van der Waals surface area contributed by atoms with Crippen LogP contribution in [0.3, 0.4) is 0 Å². The molecule has 1 aromatic rings. The molecule has 0 aromatic carbocycles. The van der Waals surface area contributed by atoms with Crippen molar-refractivity contribution in [3.05, 3.63) is 28.5 Å². The van der Waals surface area contributed by atoms with E-state index in [1.165, 1.54) is 25.1 Å². The number of nitrogens with zero attached hydrogens (tertiary/aromatic N) is 2. The molecule has 2 rings (SSSR count). The lowest BCUT2D eigenvalue weighted by Crippen LogP contribution is -2.39. The summed E-state index contributed by atoms with van der Waals surface area (Å²) in [6.07, 6.45) is 2.56. The van der Waals surface area contributed by atoms with Gasteiger partial charge in [-0.25, -0.2) is 4.98 Å². The molecule has 0 bridgehead atoms. The fraction of sp³-hybridized carbons (Fsp3) is 0.615. The Hall–Kier alpha value is -0.410. The number of piperidine rings is 1. The van der Waals surface area contributed by atoms with Gasteiger partial charge < -0.3 is 4.90 Å². The summed E-state index contributed by atoms with van der Waals surface area (Å²) < 4.78 is 0.951. The van der Waals surface area contributed by atoms with Crippen LogP contribution in [-0.2, 0) is 0 Å². The second-order valence-corrected chi connectivity index (χ2v) is 5.63. The van der Waals surface area contributed by atoms with E-state index in [-0.39, 0.29) is 0 Å². The predicted molar refractivity (Wildman–Crippen MR) is 70.6 cm³/mol. The Morgan fingerprint density at radius 3 is 2.94 bits per heavy atom. The van der Waals surface area contributed by atoms with Crippen molar-refractivity contribution in [2.75, 3.05) is 13.1 Å². The van der Waals surface area contributed by atoms with Crippen LogP contribution in [0.25, 0.3) is 0 Å². The molecule has 1 aliphatic heterocycles. The molecule has 2 nitrogen and oxygen atoms in total. The number of halogens is 1. The lowest BCUT2D eigenvalue weighted by Gasteiger charge is -2.35. The number of hydrogen-bond acceptors (Lipinski definition) is 2. The van der Waals surface area contributed by atoms with E-state index in [1.54, 1.807) is 0 Å². The van der Waals surface area contributed by atoms with Gasteiger partial charge in [-0.15, -0.1) is 0 Å². The Kier molecular flexibility index (Phi) is 3.98. The molecule has 0 amide bonds. The van der Waals surface area contributed by atoms with Crippen LogP contribution in [0.5, 0.6) is 0 Å². The van der Waals surface area contributed by atoms with Gasteiger partial charge in [0, 0.05) is 24.2 Å². The first-order valence-corrected chi connectivity index (χ1v) is 6.82. The molecule has 1 saturated heterocycles. The first kappa shape index (κ1) is 12.1. The van der Waals surface area contributed by atoms with Crippen molar-refractivity contribution >= 4 is 15.9 Å². The van der Waals surface area contributed by atoms with E-state index < -0.39 is 0 Å². The zero-order chi connectivity index (χ0) is 11.5. The summed E-state index contributed by atoms with van der Waals surface area (Å²) >= 11 is 3.45. The Morgan fingerprint density at radius 1 is 1.44 bits per heavy atom. The Balaban J connectivity index is 2.09. The number of pyridine rings is 1. The summed E-state index contributed by atoms with van der Waals surface area (Å²) in [6.45, 7) is 6.94. The summed E-state index contributed by atoms with van der Waals surface area (Å²) in [5, 5.41) is 0. The van der Waals surface area contributed by atoms with Gasteiger partial charge in [0.15, 0.2) is 0 Å². The molecule has 0 N–H and O–H groups in total. The molecule has 1 atom stereocenters. The van der Waals surface area contributed by atoms with E-state index >= 15 is 0 Å². The Morgan fingerprint density at radius 2 is 2.25 bits per heavy atom. The summed E-state index contributed by atoms with van der Waals surface area (Å²) in [5.74, 6) is 0.605. The summed E-state index contributed by atoms with van der Waals surface area (Å²) in [5.41, 5.74) is 1.24. The highest BCUT2D eigenvalue weighted by Crippen LogP contribution is 2.27. The van der Waals surface area contributed by atoms with Crippen LogP contribution >= 0.6 is 15.9 Å². The van der Waals surface area contributed by atoms with Crippen LogP contribution in [0, 0.1) is 0 Å². The van der Waals surface area contributed by atoms with E-state index in [0.717, 1.165) is 11.1 Å². The van der Waals surface area contributed by atoms with Gasteiger partial charge in [-0.2, -0.15) is 0 Å². The van der Waals surface area contributed by atoms with Crippen molar-refractivity contribution in [3.8, 4) is 0 Å². The van der Waals surface area contributed by atoms with E-state index in [1.807, 2.05) is 6.07 Å². The maximum Gasteiger partial charge on any atom is 0.106 e. The van der Waals surface area contributed by atoms with Crippen LogP contribution in [0.15, 0.2) is 22.8 Å². The fourth-order valence-corrected chi connectivity index (χ4v) is 2.73. The zero-order valence-corrected chi connectivity index (χ0v) is 11.6. The van der Waals surface area contributed by atoms with Crippen molar-refractivity contribution in [2.45, 2.75) is 38.6 Å². The molecule has 0 radical (unpaired) electrons. The predicted octanol–water partition coefficient (Wildman–Crippen LogP) is 3.43. The van der Waals surface area contributed by atoms with Gasteiger partial charge in [-0.1, -0.05) is 6.07 Å². The average Bonchev–Trinajstić information content (AvgIpc) is 2.29. The topological polar surface area (TPSA) is 16.1 Å². The smallest absolute Gasteiger partial charge is 0.106 e. The second kappa shape index (κ2) is 5.28. The van der Waals surface area contributed by atoms with Gasteiger partial charge in [-0.05, 0) is 61.3 Å². The minimum atomic E-state index is 0.605. The largest absolute Gasteiger partial charge is 0.300 e. The minimum absolute atomic E-state index is 0.605. The van der Waals surface area contributed by atoms with Gasteiger partial charge >= 0.3 is 0 Å². The molecule has 1 fully saturated rings. The third-order valence-electron chi connectivity index (χ3n) is 3.34. The molecule has 2 heterocycles. The molecule has 0 saturated carbocycles. The standard InChI is InChI=1S/C13H19BrN2/c1-10(2)16-8-4-5-11(9-16)12-6-3-7-13(14)15-12/h3,6-7,10-11H,4-5,8-9H2,1-2H3/t11-/m0/s1. The monoisotopic (exact) mass is 282 g/mol. The van der Waals surface area contributed by atoms with E-state index in [9.17, 15) is 0 Å². The molecule has 0 unspecified atom stereocenters. The van der Waals surface area contributed by atoms with Gasteiger partial charge in [-0.3, -0.25) is 0 Å². The lowest BCUT2D eigenvalue weighted by molar-refractivity contribution is 0.166. The number of aromatic nitrogens is 1. The van der Waals surface area contributed by atoms with Crippen LogP contribution in [0.4, 0.5) is 0 Å². The molecule has 1 aromatic heterocycles. The summed E-state index contributed by atoms with van der Waals surface area (Å²) in [6, 6.07) is 6.88. The second-order valence-electron chi connectivity index (χ2n) is 4.81. The van der Waals surface area contributed by atoms with E-state index in [2.05, 4.69) is 51.8 Å². The molecule has 1 aliphatic rings. The van der Waals surface area contributed by atoms with E-state index in [0.29, 0.717) is 12.0 Å². The highest BCUT2D eigenvalue weighted by Gasteiger charge is 2.23. The SMILES string of the molecule is CC(C)N1CCC[C@H](c2cccc(Br)n2)C1. The Labute approximate surface area is 106 Å². The fourth-order valence-electron chi connectivity index (χ4n) is 2.37. The number of likely N-dealkylation sites (tertiary alicyclic amines) is 1.